The van der Waals surface area contributed by atoms with Crippen molar-refractivity contribution in [2.24, 2.45) is 7.05 Å². The van der Waals surface area contributed by atoms with Crippen LogP contribution in [0.4, 0.5) is 0 Å². The van der Waals surface area contributed by atoms with E-state index in [-0.39, 0.29) is 17.5 Å². The van der Waals surface area contributed by atoms with Gasteiger partial charge in [0.25, 0.3) is 11.8 Å². The van der Waals surface area contributed by atoms with Crippen molar-refractivity contribution in [1.29, 1.82) is 0 Å². The van der Waals surface area contributed by atoms with E-state index in [1.54, 1.807) is 25.1 Å². The van der Waals surface area contributed by atoms with Crippen LogP contribution >= 0.6 is 0 Å². The van der Waals surface area contributed by atoms with E-state index in [4.69, 9.17) is 0 Å². The third-order valence-corrected chi connectivity index (χ3v) is 4.45. The van der Waals surface area contributed by atoms with Crippen LogP contribution < -0.4 is 5.32 Å². The molecular formula is C21H29N7O2. The molecule has 0 bridgehead atoms. The average molecular weight is 412 g/mol. The molecule has 0 saturated carbocycles. The maximum Gasteiger partial charge on any atom is 0.270 e. The highest BCUT2D eigenvalue weighted by molar-refractivity contribution is 6.06. The van der Waals surface area contributed by atoms with Crippen LogP contribution in [0.25, 0.3) is 5.57 Å². The lowest BCUT2D eigenvalue weighted by Gasteiger charge is -2.16. The molecule has 0 saturated heterocycles. The number of hydrogen-bond donors (Lipinski definition) is 2. The van der Waals surface area contributed by atoms with Gasteiger partial charge in [0.2, 0.25) is 0 Å². The first-order chi connectivity index (χ1) is 14.4. The van der Waals surface area contributed by atoms with Crippen molar-refractivity contribution in [3.05, 3.63) is 60.0 Å². The van der Waals surface area contributed by atoms with Gasteiger partial charge in [-0.05, 0) is 13.3 Å². The number of carbonyl (C=O) groups excluding carboxylic acids is 2. The van der Waals surface area contributed by atoms with Crippen LogP contribution in [0.2, 0.25) is 0 Å². The highest BCUT2D eigenvalue weighted by atomic mass is 16.2. The number of nitrogens with one attached hydrogen (secondary N) is 2. The summed E-state index contributed by atoms with van der Waals surface area (Å²) < 4.78 is 1.42. The smallest absolute Gasteiger partial charge is 0.270 e. The molecule has 0 aliphatic rings. The van der Waals surface area contributed by atoms with Crippen molar-refractivity contribution in [3.63, 3.8) is 0 Å². The van der Waals surface area contributed by atoms with Gasteiger partial charge in [-0.1, -0.05) is 37.8 Å². The normalized spacial score (nSPS) is 11.7. The monoisotopic (exact) mass is 411 g/mol. The molecule has 2 N–H and O–H groups in total. The summed E-state index contributed by atoms with van der Waals surface area (Å²) in [6, 6.07) is 0. The zero-order chi connectivity index (χ0) is 22.1. The molecule has 0 aliphatic carbocycles. The lowest BCUT2D eigenvalue weighted by molar-refractivity contribution is 0.0786. The van der Waals surface area contributed by atoms with Crippen LogP contribution in [0.15, 0.2) is 37.1 Å². The Balaban J connectivity index is 2.01. The van der Waals surface area contributed by atoms with E-state index in [1.165, 1.54) is 10.9 Å². The summed E-state index contributed by atoms with van der Waals surface area (Å²) in [7, 11) is 3.36. The molecule has 0 aromatic carbocycles. The molecule has 2 heterocycles. The highest BCUT2D eigenvalue weighted by Gasteiger charge is 2.24. The number of allylic oxidation sites excluding steroid dienone is 5. The number of H-pyrrole nitrogens is 1. The molecule has 0 aliphatic heterocycles. The van der Waals surface area contributed by atoms with Gasteiger partial charge >= 0.3 is 0 Å². The minimum absolute atomic E-state index is 0.221. The van der Waals surface area contributed by atoms with Crippen molar-refractivity contribution in [1.82, 2.24) is 35.2 Å². The summed E-state index contributed by atoms with van der Waals surface area (Å²) >= 11 is 0. The quantitative estimate of drug-likeness (QED) is 0.582. The third-order valence-electron chi connectivity index (χ3n) is 4.45. The topological polar surface area (TPSA) is 109 Å². The van der Waals surface area contributed by atoms with Crippen LogP contribution in [-0.2, 0) is 13.5 Å². The second-order valence-corrected chi connectivity index (χ2v) is 6.71. The summed E-state index contributed by atoms with van der Waals surface area (Å²) in [5, 5.41) is 14.0. The van der Waals surface area contributed by atoms with Gasteiger partial charge in [0.05, 0.1) is 11.8 Å². The molecule has 9 nitrogen and oxygen atoms in total. The number of carbonyl (C=O) groups is 2. The number of hydrogen-bond acceptors (Lipinski definition) is 5. The van der Waals surface area contributed by atoms with Crippen molar-refractivity contribution < 1.29 is 9.59 Å². The fraction of sp³-hybridized carbons (Fsp3) is 0.381. The molecule has 0 radical (unpaired) electrons. The molecule has 30 heavy (non-hydrogen) atoms. The van der Waals surface area contributed by atoms with E-state index in [1.807, 2.05) is 32.1 Å². The van der Waals surface area contributed by atoms with Crippen LogP contribution in [0.1, 0.15) is 52.8 Å². The summed E-state index contributed by atoms with van der Waals surface area (Å²) in [5.41, 5.74) is 1.40. The number of aromatic nitrogens is 5. The molecule has 2 aromatic rings. The van der Waals surface area contributed by atoms with Gasteiger partial charge in [-0.2, -0.15) is 10.2 Å². The number of amides is 2. The van der Waals surface area contributed by atoms with Crippen molar-refractivity contribution >= 4 is 17.4 Å². The second kappa shape index (κ2) is 10.9. The first kappa shape index (κ1) is 22.8. The highest BCUT2D eigenvalue weighted by Crippen LogP contribution is 2.12. The van der Waals surface area contributed by atoms with Crippen LogP contribution in [0, 0.1) is 0 Å². The molecule has 0 unspecified atom stereocenters. The van der Waals surface area contributed by atoms with Gasteiger partial charge in [0.15, 0.2) is 5.82 Å². The van der Waals surface area contributed by atoms with Gasteiger partial charge in [-0.3, -0.25) is 19.4 Å². The molecule has 0 spiro atoms. The zero-order valence-corrected chi connectivity index (χ0v) is 18.0. The molecule has 0 atom stereocenters. The molecule has 160 valence electrons. The number of rotatable bonds is 10. The summed E-state index contributed by atoms with van der Waals surface area (Å²) in [6.07, 6.45) is 10.0. The molecule has 2 rings (SSSR count). The first-order valence-corrected chi connectivity index (χ1v) is 9.85. The SMILES string of the molecule is C=C/C=C\C(=C/C)c1n[nH]c(CCNC(=O)c2c(C(=O)N(C)CCC)cnn2C)n1. The Hall–Kier alpha value is -3.49. The lowest BCUT2D eigenvalue weighted by Crippen LogP contribution is -2.32. The Morgan fingerprint density at radius 1 is 1.40 bits per heavy atom. The fourth-order valence-electron chi connectivity index (χ4n) is 2.89. The Bertz CT molecular complexity index is 952. The molecular weight excluding hydrogens is 382 g/mol. The first-order valence-electron chi connectivity index (χ1n) is 9.85. The van der Waals surface area contributed by atoms with Crippen molar-refractivity contribution in [2.45, 2.75) is 26.7 Å². The lowest BCUT2D eigenvalue weighted by atomic mass is 10.2. The Labute approximate surface area is 176 Å². The number of aromatic amines is 1. The molecule has 2 aromatic heterocycles. The summed E-state index contributed by atoms with van der Waals surface area (Å²) in [6.45, 7) is 8.50. The summed E-state index contributed by atoms with van der Waals surface area (Å²) in [4.78, 5) is 31.3. The van der Waals surface area contributed by atoms with Crippen LogP contribution in [-0.4, -0.2) is 61.8 Å². The van der Waals surface area contributed by atoms with Crippen LogP contribution in [0.3, 0.4) is 0 Å². The van der Waals surface area contributed by atoms with Gasteiger partial charge in [-0.15, -0.1) is 0 Å². The molecule has 9 heteroatoms. The predicted octanol–water partition coefficient (Wildman–Crippen LogP) is 2.14. The minimum Gasteiger partial charge on any atom is -0.350 e. The largest absolute Gasteiger partial charge is 0.350 e. The number of aryl methyl sites for hydroxylation is 1. The Kier molecular flexibility index (Phi) is 8.28. The van der Waals surface area contributed by atoms with E-state index >= 15 is 0 Å². The van der Waals surface area contributed by atoms with Crippen LogP contribution in [0.5, 0.6) is 0 Å². The number of nitrogens with zero attached hydrogens (tertiary/aromatic N) is 5. The molecule has 2 amide bonds. The Morgan fingerprint density at radius 3 is 2.83 bits per heavy atom. The van der Waals surface area contributed by atoms with E-state index < -0.39 is 0 Å². The fourth-order valence-corrected chi connectivity index (χ4v) is 2.89. The molecule has 0 fully saturated rings. The minimum atomic E-state index is -0.356. The Morgan fingerprint density at radius 2 is 2.17 bits per heavy atom. The summed E-state index contributed by atoms with van der Waals surface area (Å²) in [5.74, 6) is 0.656. The van der Waals surface area contributed by atoms with Crippen molar-refractivity contribution in [3.8, 4) is 0 Å². The van der Waals surface area contributed by atoms with E-state index in [0.717, 1.165) is 12.0 Å². The standard InChI is InChI=1S/C21H29N7O2/c1-6-9-10-15(8-3)19-24-17(25-26-19)11-12-22-20(29)18-16(14-23-28(18)5)21(30)27(4)13-7-2/h6,8-10,14H,1,7,11-13H2,2-5H3,(H,22,29)(H,24,25,26)/b10-9-,15-8+. The predicted molar refractivity (Wildman–Crippen MR) is 116 cm³/mol. The van der Waals surface area contributed by atoms with Gasteiger partial charge in [0.1, 0.15) is 11.5 Å². The second-order valence-electron chi connectivity index (χ2n) is 6.71. The van der Waals surface area contributed by atoms with E-state index in [9.17, 15) is 9.59 Å². The maximum atomic E-state index is 12.7. The van der Waals surface area contributed by atoms with Crippen molar-refractivity contribution in [2.75, 3.05) is 20.1 Å². The zero-order valence-electron chi connectivity index (χ0n) is 18.0. The van der Waals surface area contributed by atoms with Gasteiger partial charge in [0, 0.05) is 39.2 Å². The van der Waals surface area contributed by atoms with Gasteiger partial charge < -0.3 is 10.2 Å². The van der Waals surface area contributed by atoms with E-state index in [0.29, 0.717) is 36.7 Å². The van der Waals surface area contributed by atoms with Gasteiger partial charge in [-0.25, -0.2) is 4.98 Å². The average Bonchev–Trinajstić information content (AvgIpc) is 3.35. The van der Waals surface area contributed by atoms with E-state index in [2.05, 4.69) is 32.2 Å². The third kappa shape index (κ3) is 5.53. The maximum absolute atomic E-state index is 12.7.